The van der Waals surface area contributed by atoms with E-state index in [1.807, 2.05) is 18.2 Å². The molecule has 4 rings (SSSR count). The standard InChI is InChI=1S/C16H13ClFN3/c17-9-4-7-14-13(8-9)20-16(21(14)10-5-6-10)11-2-1-3-12(18)15(11)19/h1-4,7-8,10H,5-6,19H2. The predicted octanol–water partition coefficient (Wildman–Crippen LogP) is 4.41. The normalized spacial score (nSPS) is 14.8. The van der Waals surface area contributed by atoms with Crippen LogP contribution >= 0.6 is 11.6 Å². The number of fused-ring (bicyclic) bond motifs is 1. The fourth-order valence-corrected chi connectivity index (χ4v) is 2.86. The van der Waals surface area contributed by atoms with Crippen molar-refractivity contribution in [2.45, 2.75) is 18.9 Å². The smallest absolute Gasteiger partial charge is 0.146 e. The van der Waals surface area contributed by atoms with Crippen molar-refractivity contribution in [1.82, 2.24) is 9.55 Å². The summed E-state index contributed by atoms with van der Waals surface area (Å²) >= 11 is 6.04. The Morgan fingerprint density at radius 3 is 2.81 bits per heavy atom. The van der Waals surface area contributed by atoms with Crippen LogP contribution < -0.4 is 5.73 Å². The van der Waals surface area contributed by atoms with E-state index < -0.39 is 5.82 Å². The quantitative estimate of drug-likeness (QED) is 0.712. The van der Waals surface area contributed by atoms with Gasteiger partial charge in [-0.15, -0.1) is 0 Å². The lowest BCUT2D eigenvalue weighted by molar-refractivity contribution is 0.632. The first-order valence-electron chi connectivity index (χ1n) is 6.87. The maximum absolute atomic E-state index is 13.7. The summed E-state index contributed by atoms with van der Waals surface area (Å²) < 4.78 is 15.9. The van der Waals surface area contributed by atoms with Gasteiger partial charge >= 0.3 is 0 Å². The molecule has 2 aromatic carbocycles. The number of nitrogen functional groups attached to an aromatic ring is 1. The maximum atomic E-state index is 13.7. The third-order valence-corrected chi connectivity index (χ3v) is 4.09. The van der Waals surface area contributed by atoms with Crippen molar-refractivity contribution in [2.24, 2.45) is 0 Å². The highest BCUT2D eigenvalue weighted by molar-refractivity contribution is 6.31. The lowest BCUT2D eigenvalue weighted by Gasteiger charge is -2.10. The highest BCUT2D eigenvalue weighted by Crippen LogP contribution is 2.42. The molecule has 2 N–H and O–H groups in total. The van der Waals surface area contributed by atoms with Gasteiger partial charge < -0.3 is 10.3 Å². The number of anilines is 1. The van der Waals surface area contributed by atoms with Gasteiger partial charge in [0.25, 0.3) is 0 Å². The molecule has 21 heavy (non-hydrogen) atoms. The Kier molecular flexibility index (Phi) is 2.69. The zero-order chi connectivity index (χ0) is 14.6. The minimum atomic E-state index is -0.417. The average molecular weight is 302 g/mol. The van der Waals surface area contributed by atoms with Crippen LogP contribution in [-0.2, 0) is 0 Å². The van der Waals surface area contributed by atoms with E-state index in [-0.39, 0.29) is 5.69 Å². The highest BCUT2D eigenvalue weighted by atomic mass is 35.5. The van der Waals surface area contributed by atoms with Crippen LogP contribution in [0.3, 0.4) is 0 Å². The monoisotopic (exact) mass is 301 g/mol. The molecule has 1 fully saturated rings. The summed E-state index contributed by atoms with van der Waals surface area (Å²) in [5.41, 5.74) is 8.50. The topological polar surface area (TPSA) is 43.8 Å². The summed E-state index contributed by atoms with van der Waals surface area (Å²) in [6, 6.07) is 10.9. The number of nitrogens with two attached hydrogens (primary N) is 1. The molecule has 3 aromatic rings. The van der Waals surface area contributed by atoms with Crippen molar-refractivity contribution < 1.29 is 4.39 Å². The second-order valence-electron chi connectivity index (χ2n) is 5.37. The van der Waals surface area contributed by atoms with Crippen LogP contribution in [-0.4, -0.2) is 9.55 Å². The van der Waals surface area contributed by atoms with E-state index in [9.17, 15) is 4.39 Å². The van der Waals surface area contributed by atoms with E-state index in [1.54, 1.807) is 12.1 Å². The third-order valence-electron chi connectivity index (χ3n) is 3.86. The van der Waals surface area contributed by atoms with E-state index in [0.29, 0.717) is 22.5 Å². The lowest BCUT2D eigenvalue weighted by Crippen LogP contribution is -2.01. The van der Waals surface area contributed by atoms with Gasteiger partial charge in [0.05, 0.1) is 16.7 Å². The summed E-state index contributed by atoms with van der Waals surface area (Å²) in [4.78, 5) is 4.64. The van der Waals surface area contributed by atoms with Crippen molar-refractivity contribution >= 4 is 28.3 Å². The Morgan fingerprint density at radius 1 is 1.24 bits per heavy atom. The van der Waals surface area contributed by atoms with Crippen LogP contribution in [0.4, 0.5) is 10.1 Å². The van der Waals surface area contributed by atoms with Gasteiger partial charge in [-0.1, -0.05) is 17.7 Å². The van der Waals surface area contributed by atoms with Crippen molar-refractivity contribution in [3.05, 3.63) is 47.2 Å². The Bertz CT molecular complexity index is 852. The van der Waals surface area contributed by atoms with Gasteiger partial charge in [0.2, 0.25) is 0 Å². The number of hydrogen-bond donors (Lipinski definition) is 1. The van der Waals surface area contributed by atoms with Gasteiger partial charge in [0.15, 0.2) is 0 Å². The first-order chi connectivity index (χ1) is 10.1. The molecule has 0 bridgehead atoms. The molecule has 0 atom stereocenters. The maximum Gasteiger partial charge on any atom is 0.146 e. The molecule has 106 valence electrons. The molecule has 0 spiro atoms. The number of imidazole rings is 1. The number of para-hydroxylation sites is 1. The number of rotatable bonds is 2. The summed E-state index contributed by atoms with van der Waals surface area (Å²) in [7, 11) is 0. The number of hydrogen-bond acceptors (Lipinski definition) is 2. The molecule has 0 unspecified atom stereocenters. The Morgan fingerprint density at radius 2 is 2.05 bits per heavy atom. The number of halogens is 2. The zero-order valence-corrected chi connectivity index (χ0v) is 11.9. The van der Waals surface area contributed by atoms with Gasteiger partial charge in [-0.25, -0.2) is 9.37 Å². The molecule has 0 radical (unpaired) electrons. The van der Waals surface area contributed by atoms with Crippen molar-refractivity contribution in [3.8, 4) is 11.4 Å². The number of benzene rings is 2. The minimum Gasteiger partial charge on any atom is -0.396 e. The van der Waals surface area contributed by atoms with E-state index in [0.717, 1.165) is 23.9 Å². The molecule has 1 saturated carbocycles. The van der Waals surface area contributed by atoms with Gasteiger partial charge in [0, 0.05) is 16.6 Å². The summed E-state index contributed by atoms with van der Waals surface area (Å²) in [5, 5.41) is 0.640. The summed E-state index contributed by atoms with van der Waals surface area (Å²) in [6.07, 6.45) is 2.21. The van der Waals surface area contributed by atoms with E-state index in [2.05, 4.69) is 9.55 Å². The van der Waals surface area contributed by atoms with Crippen LogP contribution in [0.15, 0.2) is 36.4 Å². The van der Waals surface area contributed by atoms with Crippen LogP contribution in [0.1, 0.15) is 18.9 Å². The van der Waals surface area contributed by atoms with Gasteiger partial charge in [-0.3, -0.25) is 0 Å². The largest absolute Gasteiger partial charge is 0.396 e. The molecule has 3 nitrogen and oxygen atoms in total. The zero-order valence-electron chi connectivity index (χ0n) is 11.2. The van der Waals surface area contributed by atoms with Crippen LogP contribution in [0.5, 0.6) is 0 Å². The summed E-state index contributed by atoms with van der Waals surface area (Å²) in [5.74, 6) is 0.298. The number of aromatic nitrogens is 2. The highest BCUT2D eigenvalue weighted by Gasteiger charge is 2.29. The fourth-order valence-electron chi connectivity index (χ4n) is 2.70. The van der Waals surface area contributed by atoms with Gasteiger partial charge in [-0.05, 0) is 43.2 Å². The predicted molar refractivity (Wildman–Crippen MR) is 82.8 cm³/mol. The van der Waals surface area contributed by atoms with Crippen molar-refractivity contribution in [1.29, 1.82) is 0 Å². The minimum absolute atomic E-state index is 0.140. The van der Waals surface area contributed by atoms with Gasteiger partial charge in [-0.2, -0.15) is 0 Å². The first kappa shape index (κ1) is 12.7. The van der Waals surface area contributed by atoms with Gasteiger partial charge in [0.1, 0.15) is 11.6 Å². The SMILES string of the molecule is Nc1c(F)cccc1-c1nc2cc(Cl)ccc2n1C1CC1. The molecule has 0 saturated heterocycles. The molecule has 1 heterocycles. The van der Waals surface area contributed by atoms with Crippen molar-refractivity contribution in [3.63, 3.8) is 0 Å². The van der Waals surface area contributed by atoms with E-state index >= 15 is 0 Å². The molecular formula is C16H13ClFN3. The summed E-state index contributed by atoms with van der Waals surface area (Å²) in [6.45, 7) is 0. The van der Waals surface area contributed by atoms with Crippen molar-refractivity contribution in [2.75, 3.05) is 5.73 Å². The molecule has 1 aliphatic carbocycles. The Labute approximate surface area is 126 Å². The number of nitrogens with zero attached hydrogens (tertiary/aromatic N) is 2. The third kappa shape index (κ3) is 1.98. The fraction of sp³-hybridized carbons (Fsp3) is 0.188. The molecular weight excluding hydrogens is 289 g/mol. The van der Waals surface area contributed by atoms with E-state index in [1.165, 1.54) is 6.07 Å². The molecule has 1 aliphatic rings. The van der Waals surface area contributed by atoms with Crippen LogP contribution in [0.25, 0.3) is 22.4 Å². The average Bonchev–Trinajstić information content (AvgIpc) is 3.23. The molecule has 0 amide bonds. The second kappa shape index (κ2) is 4.46. The first-order valence-corrected chi connectivity index (χ1v) is 7.25. The second-order valence-corrected chi connectivity index (χ2v) is 5.81. The Hall–Kier alpha value is -2.07. The van der Waals surface area contributed by atoms with E-state index in [4.69, 9.17) is 17.3 Å². The Balaban J connectivity index is 2.03. The lowest BCUT2D eigenvalue weighted by atomic mass is 10.1. The van der Waals surface area contributed by atoms with Crippen LogP contribution in [0, 0.1) is 5.82 Å². The molecule has 0 aliphatic heterocycles. The molecule has 1 aromatic heterocycles. The molecule has 5 heteroatoms. The van der Waals surface area contributed by atoms with Crippen LogP contribution in [0.2, 0.25) is 5.02 Å².